The molecule has 3 aromatic carbocycles. The predicted molar refractivity (Wildman–Crippen MR) is 187 cm³/mol. The molecule has 1 saturated heterocycles. The number of ether oxygens (including phenoxy) is 1. The Kier molecular flexibility index (Phi) is 8.20. The van der Waals surface area contributed by atoms with Gasteiger partial charge in [-0.1, -0.05) is 61.9 Å². The number of imidazole rings is 1. The van der Waals surface area contributed by atoms with Crippen molar-refractivity contribution < 1.29 is 9.53 Å². The molecule has 1 aliphatic heterocycles. The number of nitrogens with zero attached hydrogens (tertiary/aromatic N) is 4. The van der Waals surface area contributed by atoms with Crippen LogP contribution < -0.4 is 10.5 Å². The molecule has 238 valence electrons. The summed E-state index contributed by atoms with van der Waals surface area (Å²) in [6.45, 7) is 5.85. The molecule has 46 heavy (non-hydrogen) atoms. The monoisotopic (exact) mass is 615 g/mol. The summed E-state index contributed by atoms with van der Waals surface area (Å²) in [7, 11) is 3.71. The minimum Gasteiger partial charge on any atom is -0.494 e. The zero-order valence-corrected chi connectivity index (χ0v) is 27.4. The Morgan fingerprint density at radius 2 is 1.89 bits per heavy atom. The maximum Gasteiger partial charge on any atom is 0.254 e. The van der Waals surface area contributed by atoms with E-state index in [0.717, 1.165) is 48.4 Å². The number of aryl methyl sites for hydroxylation is 2. The fourth-order valence-corrected chi connectivity index (χ4v) is 7.24. The first-order valence-corrected chi connectivity index (χ1v) is 16.8. The van der Waals surface area contributed by atoms with Crippen molar-refractivity contribution in [2.75, 3.05) is 13.7 Å². The molecule has 3 atom stereocenters. The number of carbonyl (C=O) groups excluding carboxylic acids is 1. The molecule has 2 fully saturated rings. The Hall–Kier alpha value is -4.36. The maximum atomic E-state index is 13.8. The molecule has 7 rings (SSSR count). The standard InChI is InChI=1S/C39H45N5O2/c1-5-29-24-43(25(2)36(29)40)39(45)31-20-32-37(35(22-31)46-4)42(3)38(41-32)34-21-30-19-27(14-10-9-13-26-11-7-6-8-12-26)17-18-33(30)44(34)23-28-15-16-28/h6-8,10-12,14,17-22,25,28-29,36H,5,9,13,15-16,23-24,40H2,1-4H3/b14-10+/t25-,29-,36-/m1/s1. The van der Waals surface area contributed by atoms with Crippen LogP contribution in [0, 0.1) is 11.8 Å². The average Bonchev–Trinajstić information content (AvgIpc) is 3.66. The van der Waals surface area contributed by atoms with E-state index in [1.54, 1.807) is 7.11 Å². The Morgan fingerprint density at radius 1 is 1.09 bits per heavy atom. The molecular weight excluding hydrogens is 570 g/mol. The van der Waals surface area contributed by atoms with Crippen LogP contribution in [0.15, 0.2) is 72.8 Å². The molecule has 7 heteroatoms. The molecule has 0 unspecified atom stereocenters. The van der Waals surface area contributed by atoms with Crippen LogP contribution in [-0.4, -0.2) is 50.7 Å². The van der Waals surface area contributed by atoms with Gasteiger partial charge in [-0.05, 0) is 85.9 Å². The van der Waals surface area contributed by atoms with Gasteiger partial charge in [0.15, 0.2) is 5.82 Å². The Labute approximate surface area is 271 Å². The lowest BCUT2D eigenvalue weighted by Gasteiger charge is -2.23. The van der Waals surface area contributed by atoms with Crippen LogP contribution in [0.5, 0.6) is 5.75 Å². The van der Waals surface area contributed by atoms with E-state index in [4.69, 9.17) is 15.5 Å². The van der Waals surface area contributed by atoms with Gasteiger partial charge in [0.2, 0.25) is 0 Å². The summed E-state index contributed by atoms with van der Waals surface area (Å²) in [6.07, 6.45) is 10.0. The number of likely N-dealkylation sites (tertiary alicyclic amines) is 1. The molecule has 5 aromatic rings. The number of aromatic nitrogens is 3. The number of amides is 1. The Bertz CT molecular complexity index is 1920. The Morgan fingerprint density at radius 3 is 2.61 bits per heavy atom. The molecular formula is C39H45N5O2. The smallest absolute Gasteiger partial charge is 0.254 e. The largest absolute Gasteiger partial charge is 0.494 e. The fourth-order valence-electron chi connectivity index (χ4n) is 7.24. The predicted octanol–water partition coefficient (Wildman–Crippen LogP) is 7.46. The van der Waals surface area contributed by atoms with Crippen LogP contribution in [0.25, 0.3) is 39.5 Å². The van der Waals surface area contributed by atoms with Gasteiger partial charge in [0.25, 0.3) is 5.91 Å². The highest BCUT2D eigenvalue weighted by Gasteiger charge is 2.39. The lowest BCUT2D eigenvalue weighted by molar-refractivity contribution is 0.0739. The van der Waals surface area contributed by atoms with Gasteiger partial charge < -0.3 is 24.5 Å². The molecule has 2 aliphatic rings. The minimum atomic E-state index is -0.0153. The molecule has 7 nitrogen and oxygen atoms in total. The molecule has 1 amide bonds. The summed E-state index contributed by atoms with van der Waals surface area (Å²) in [5.74, 6) is 2.51. The fraction of sp³-hybridized carbons (Fsp3) is 0.385. The topological polar surface area (TPSA) is 78.3 Å². The quantitative estimate of drug-likeness (QED) is 0.177. The third-order valence-electron chi connectivity index (χ3n) is 10.3. The van der Waals surface area contributed by atoms with Crippen molar-refractivity contribution >= 4 is 33.9 Å². The molecule has 2 N–H and O–H groups in total. The molecule has 1 saturated carbocycles. The number of methoxy groups -OCH3 is 1. The van der Waals surface area contributed by atoms with E-state index in [1.165, 1.54) is 34.9 Å². The van der Waals surface area contributed by atoms with Gasteiger partial charge in [0.05, 0.1) is 18.3 Å². The van der Waals surface area contributed by atoms with Crippen molar-refractivity contribution in [2.45, 2.75) is 64.6 Å². The highest BCUT2D eigenvalue weighted by molar-refractivity contribution is 6.00. The number of carbonyl (C=O) groups is 1. The minimum absolute atomic E-state index is 0.0137. The summed E-state index contributed by atoms with van der Waals surface area (Å²) >= 11 is 0. The number of rotatable bonds is 10. The first-order chi connectivity index (χ1) is 22.4. The molecule has 0 spiro atoms. The summed E-state index contributed by atoms with van der Waals surface area (Å²) in [5, 5.41) is 1.21. The zero-order chi connectivity index (χ0) is 31.9. The van der Waals surface area contributed by atoms with Crippen LogP contribution in [-0.2, 0) is 20.0 Å². The van der Waals surface area contributed by atoms with Crippen molar-refractivity contribution in [1.82, 2.24) is 19.0 Å². The van der Waals surface area contributed by atoms with Gasteiger partial charge in [0.1, 0.15) is 11.3 Å². The van der Waals surface area contributed by atoms with Crippen molar-refractivity contribution in [1.29, 1.82) is 0 Å². The molecule has 1 aliphatic carbocycles. The molecule has 2 aromatic heterocycles. The van der Waals surface area contributed by atoms with Crippen molar-refractivity contribution in [3.05, 3.63) is 89.5 Å². The van der Waals surface area contributed by atoms with E-state index in [-0.39, 0.29) is 18.0 Å². The van der Waals surface area contributed by atoms with Gasteiger partial charge in [-0.15, -0.1) is 0 Å². The summed E-state index contributed by atoms with van der Waals surface area (Å²) < 4.78 is 10.4. The summed E-state index contributed by atoms with van der Waals surface area (Å²) in [5.41, 5.74) is 13.6. The number of nitrogens with two attached hydrogens (primary N) is 1. The third kappa shape index (κ3) is 5.62. The van der Waals surface area contributed by atoms with Crippen molar-refractivity contribution in [3.63, 3.8) is 0 Å². The van der Waals surface area contributed by atoms with E-state index in [2.05, 4.69) is 89.7 Å². The van der Waals surface area contributed by atoms with Gasteiger partial charge in [-0.3, -0.25) is 4.79 Å². The number of hydrogen-bond donors (Lipinski definition) is 1. The lowest BCUT2D eigenvalue weighted by atomic mass is 9.98. The molecule has 3 heterocycles. The third-order valence-corrected chi connectivity index (χ3v) is 10.3. The first-order valence-electron chi connectivity index (χ1n) is 16.8. The molecule has 0 bridgehead atoms. The van der Waals surface area contributed by atoms with Gasteiger partial charge in [-0.2, -0.15) is 0 Å². The first kappa shape index (κ1) is 30.3. The van der Waals surface area contributed by atoms with Crippen LogP contribution in [0.2, 0.25) is 0 Å². The van der Waals surface area contributed by atoms with Crippen LogP contribution in [0.1, 0.15) is 61.0 Å². The second kappa shape index (κ2) is 12.4. The maximum absolute atomic E-state index is 13.8. The lowest BCUT2D eigenvalue weighted by Crippen LogP contribution is -2.41. The van der Waals surface area contributed by atoms with Crippen molar-refractivity contribution in [3.8, 4) is 17.3 Å². The van der Waals surface area contributed by atoms with E-state index in [0.29, 0.717) is 29.7 Å². The highest BCUT2D eigenvalue weighted by Crippen LogP contribution is 2.38. The number of fused-ring (bicyclic) bond motifs is 2. The summed E-state index contributed by atoms with van der Waals surface area (Å²) in [4.78, 5) is 20.9. The van der Waals surface area contributed by atoms with E-state index in [1.807, 2.05) is 24.1 Å². The second-order valence-corrected chi connectivity index (χ2v) is 13.3. The van der Waals surface area contributed by atoms with Gasteiger partial charge in [-0.25, -0.2) is 4.98 Å². The van der Waals surface area contributed by atoms with Gasteiger partial charge >= 0.3 is 0 Å². The number of allylic oxidation sites excluding steroid dienone is 1. The Balaban J connectivity index is 1.23. The average molecular weight is 616 g/mol. The van der Waals surface area contributed by atoms with Crippen LogP contribution in [0.4, 0.5) is 0 Å². The van der Waals surface area contributed by atoms with E-state index in [9.17, 15) is 4.79 Å². The second-order valence-electron chi connectivity index (χ2n) is 13.3. The normalized spacial score (nSPS) is 20.0. The molecule has 0 radical (unpaired) electrons. The van der Waals surface area contributed by atoms with E-state index >= 15 is 0 Å². The van der Waals surface area contributed by atoms with Gasteiger partial charge in [0, 0.05) is 48.7 Å². The summed E-state index contributed by atoms with van der Waals surface area (Å²) in [6, 6.07) is 23.4. The van der Waals surface area contributed by atoms with Crippen molar-refractivity contribution in [2.24, 2.45) is 24.6 Å². The van der Waals surface area contributed by atoms with Crippen LogP contribution in [0.3, 0.4) is 0 Å². The van der Waals surface area contributed by atoms with Crippen LogP contribution >= 0.6 is 0 Å². The van der Waals surface area contributed by atoms with E-state index < -0.39 is 0 Å². The SMILES string of the molecule is CC[C@@H]1CN(C(=O)c2cc(OC)c3c(c2)nc(-c2cc4cc(/C=C/CCc5ccccc5)ccc4n2CC2CC2)n3C)[C@H](C)[C@H]1N. The zero-order valence-electron chi connectivity index (χ0n) is 27.4. The highest BCUT2D eigenvalue weighted by atomic mass is 16.5. The number of benzene rings is 3. The number of hydrogen-bond acceptors (Lipinski definition) is 4.